The van der Waals surface area contributed by atoms with E-state index < -0.39 is 0 Å². The van der Waals surface area contributed by atoms with E-state index >= 15 is 0 Å². The molecule has 2 aromatic carbocycles. The Kier molecular flexibility index (Phi) is 3.17. The molecule has 0 aromatic heterocycles. The quantitative estimate of drug-likeness (QED) is 0.356. The fourth-order valence-corrected chi connectivity index (χ4v) is 1.41. The first-order valence-electron chi connectivity index (χ1n) is 4.28. The fraction of sp³-hybridized carbons (Fsp3) is 0. The minimum absolute atomic E-state index is 0. The van der Waals surface area contributed by atoms with Gasteiger partial charge in [0.2, 0.25) is 0 Å². The summed E-state index contributed by atoms with van der Waals surface area (Å²) >= 11 is 0. The molecule has 0 aliphatic rings. The molecule has 0 saturated carbocycles. The molecule has 0 radical (unpaired) electrons. The van der Waals surface area contributed by atoms with Crippen LogP contribution in [0.15, 0.2) is 36.4 Å². The SMILES string of the molecule is NC(=[NH2+])c1ccc2cc(O)ccc2c1.[Cl-]. The molecule has 2 aromatic rings. The highest BCUT2D eigenvalue weighted by atomic mass is 35.5. The second-order valence-corrected chi connectivity index (χ2v) is 3.20. The lowest BCUT2D eigenvalue weighted by atomic mass is 10.1. The van der Waals surface area contributed by atoms with Crippen LogP contribution < -0.4 is 23.5 Å². The fourth-order valence-electron chi connectivity index (χ4n) is 1.41. The number of phenols is 1. The predicted molar refractivity (Wildman–Crippen MR) is 55.8 cm³/mol. The topological polar surface area (TPSA) is 71.8 Å². The first-order chi connectivity index (χ1) is 6.66. The van der Waals surface area contributed by atoms with Gasteiger partial charge in [0.05, 0.1) is 5.56 Å². The number of aromatic hydroxyl groups is 1. The number of phenolic OH excluding ortho intramolecular Hbond substituents is 1. The van der Waals surface area contributed by atoms with Gasteiger partial charge in [-0.3, -0.25) is 11.1 Å². The summed E-state index contributed by atoms with van der Waals surface area (Å²) in [4.78, 5) is 0. The average molecular weight is 223 g/mol. The maximum Gasteiger partial charge on any atom is 0.270 e. The molecule has 0 saturated heterocycles. The van der Waals surface area contributed by atoms with E-state index in [-0.39, 0.29) is 18.2 Å². The highest BCUT2D eigenvalue weighted by molar-refractivity contribution is 5.97. The standard InChI is InChI=1S/C11H10N2O.ClH/c12-11(13)9-2-1-8-6-10(14)4-3-7(8)5-9;/h1-6,14H,(H3,12,13);1H. The molecule has 4 heteroatoms. The van der Waals surface area contributed by atoms with E-state index in [2.05, 4.69) is 0 Å². The lowest BCUT2D eigenvalue weighted by Crippen LogP contribution is -3.00. The third kappa shape index (κ3) is 2.19. The summed E-state index contributed by atoms with van der Waals surface area (Å²) < 4.78 is 0. The third-order valence-corrected chi connectivity index (χ3v) is 2.16. The Morgan fingerprint density at radius 2 is 1.67 bits per heavy atom. The average Bonchev–Trinajstić information content (AvgIpc) is 2.16. The van der Waals surface area contributed by atoms with Crippen molar-refractivity contribution in [2.75, 3.05) is 0 Å². The van der Waals surface area contributed by atoms with E-state index in [0.717, 1.165) is 16.3 Å². The Hall–Kier alpha value is -1.74. The van der Waals surface area contributed by atoms with Crippen LogP contribution in [0, 0.1) is 0 Å². The molecule has 0 amide bonds. The maximum absolute atomic E-state index is 9.25. The van der Waals surface area contributed by atoms with Crippen LogP contribution in [0.3, 0.4) is 0 Å². The number of nitrogens with two attached hydrogens (primary N) is 2. The van der Waals surface area contributed by atoms with Crippen molar-refractivity contribution in [1.82, 2.24) is 0 Å². The largest absolute Gasteiger partial charge is 1.00 e. The molecule has 78 valence electrons. The first kappa shape index (κ1) is 11.3. The Balaban J connectivity index is 0.00000112. The van der Waals surface area contributed by atoms with Crippen molar-refractivity contribution in [1.29, 1.82) is 0 Å². The number of amidine groups is 1. The number of rotatable bonds is 1. The number of halogens is 1. The summed E-state index contributed by atoms with van der Waals surface area (Å²) in [5, 5.41) is 16.7. The lowest BCUT2D eigenvalue weighted by molar-refractivity contribution is -0.114. The summed E-state index contributed by atoms with van der Waals surface area (Å²) in [6.07, 6.45) is 0. The molecule has 0 atom stereocenters. The van der Waals surface area contributed by atoms with Gasteiger partial charge in [0.25, 0.3) is 5.84 Å². The molecule has 15 heavy (non-hydrogen) atoms. The number of hydrogen-bond acceptors (Lipinski definition) is 1. The Morgan fingerprint density at radius 1 is 1.07 bits per heavy atom. The number of hydrogen-bond donors (Lipinski definition) is 3. The second-order valence-electron chi connectivity index (χ2n) is 3.20. The molecule has 3 nitrogen and oxygen atoms in total. The van der Waals surface area contributed by atoms with E-state index in [9.17, 15) is 5.11 Å². The van der Waals surface area contributed by atoms with Gasteiger partial charge in [-0.05, 0) is 35.0 Å². The Morgan fingerprint density at radius 3 is 2.33 bits per heavy atom. The molecule has 2 rings (SSSR count). The molecule has 0 bridgehead atoms. The van der Waals surface area contributed by atoms with Gasteiger partial charge in [-0.1, -0.05) is 12.1 Å². The minimum Gasteiger partial charge on any atom is -1.00 e. The van der Waals surface area contributed by atoms with Crippen LogP contribution in [0.5, 0.6) is 5.75 Å². The molecule has 0 fully saturated rings. The zero-order valence-electron chi connectivity index (χ0n) is 7.94. The van der Waals surface area contributed by atoms with Crippen LogP contribution >= 0.6 is 0 Å². The van der Waals surface area contributed by atoms with Gasteiger partial charge in [0, 0.05) is 0 Å². The molecule has 0 heterocycles. The summed E-state index contributed by atoms with van der Waals surface area (Å²) in [6.45, 7) is 0. The van der Waals surface area contributed by atoms with Gasteiger partial charge < -0.3 is 17.5 Å². The van der Waals surface area contributed by atoms with Gasteiger partial charge in [-0.2, -0.15) is 0 Å². The number of fused-ring (bicyclic) bond motifs is 1. The third-order valence-electron chi connectivity index (χ3n) is 2.16. The highest BCUT2D eigenvalue weighted by Gasteiger charge is 2.02. The van der Waals surface area contributed by atoms with Crippen LogP contribution in [0.2, 0.25) is 0 Å². The first-order valence-corrected chi connectivity index (χ1v) is 4.28. The monoisotopic (exact) mass is 222 g/mol. The summed E-state index contributed by atoms with van der Waals surface area (Å²) in [5.74, 6) is 0.565. The smallest absolute Gasteiger partial charge is 0.270 e. The minimum atomic E-state index is 0. The molecule has 5 N–H and O–H groups in total. The predicted octanol–water partition coefficient (Wildman–Crippen LogP) is -2.99. The van der Waals surface area contributed by atoms with Crippen molar-refractivity contribution >= 4 is 16.6 Å². The van der Waals surface area contributed by atoms with Crippen LogP contribution in [0.25, 0.3) is 10.8 Å². The van der Waals surface area contributed by atoms with Crippen molar-refractivity contribution in [3.8, 4) is 5.75 Å². The van der Waals surface area contributed by atoms with Crippen molar-refractivity contribution in [2.24, 2.45) is 5.73 Å². The van der Waals surface area contributed by atoms with Crippen LogP contribution in [0.4, 0.5) is 0 Å². The highest BCUT2D eigenvalue weighted by Crippen LogP contribution is 2.20. The van der Waals surface area contributed by atoms with Gasteiger partial charge in [-0.25, -0.2) is 0 Å². The van der Waals surface area contributed by atoms with E-state index in [1.807, 2.05) is 24.3 Å². The van der Waals surface area contributed by atoms with Gasteiger partial charge in [-0.15, -0.1) is 0 Å². The molecular formula is C11H11ClN2O. The zero-order valence-corrected chi connectivity index (χ0v) is 8.70. The molecule has 0 aliphatic heterocycles. The zero-order chi connectivity index (χ0) is 10.1. The summed E-state index contributed by atoms with van der Waals surface area (Å²) in [5.41, 5.74) is 6.29. The molecular weight excluding hydrogens is 212 g/mol. The van der Waals surface area contributed by atoms with E-state index in [1.54, 1.807) is 12.1 Å². The van der Waals surface area contributed by atoms with Gasteiger partial charge in [0.1, 0.15) is 5.75 Å². The van der Waals surface area contributed by atoms with E-state index in [0.29, 0.717) is 5.84 Å². The van der Waals surface area contributed by atoms with E-state index in [4.69, 9.17) is 11.1 Å². The molecule has 0 aliphatic carbocycles. The maximum atomic E-state index is 9.25. The van der Waals surface area contributed by atoms with E-state index in [1.165, 1.54) is 0 Å². The second kappa shape index (κ2) is 4.19. The Labute approximate surface area is 93.5 Å². The van der Waals surface area contributed by atoms with Crippen LogP contribution in [-0.2, 0) is 0 Å². The Bertz CT molecular complexity index is 511. The van der Waals surface area contributed by atoms with Gasteiger partial charge >= 0.3 is 0 Å². The van der Waals surface area contributed by atoms with Crippen molar-refractivity contribution in [3.63, 3.8) is 0 Å². The van der Waals surface area contributed by atoms with Crippen LogP contribution in [-0.4, -0.2) is 10.9 Å². The van der Waals surface area contributed by atoms with Gasteiger partial charge in [0.15, 0.2) is 0 Å². The van der Waals surface area contributed by atoms with Crippen LogP contribution in [0.1, 0.15) is 5.56 Å². The molecule has 0 spiro atoms. The normalized spacial score (nSPS) is 9.60. The summed E-state index contributed by atoms with van der Waals surface area (Å²) in [6, 6.07) is 10.8. The van der Waals surface area contributed by atoms with Crippen molar-refractivity contribution < 1.29 is 22.9 Å². The molecule has 0 unspecified atom stereocenters. The van der Waals surface area contributed by atoms with Crippen molar-refractivity contribution in [3.05, 3.63) is 42.0 Å². The number of benzene rings is 2. The lowest BCUT2D eigenvalue weighted by Gasteiger charge is -2.00. The summed E-state index contributed by atoms with van der Waals surface area (Å²) in [7, 11) is 0. The van der Waals surface area contributed by atoms with Crippen molar-refractivity contribution in [2.45, 2.75) is 0 Å².